The highest BCUT2D eigenvalue weighted by Gasteiger charge is 2.13. The minimum Gasteiger partial charge on any atom is -0.507 e. The van der Waals surface area contributed by atoms with Gasteiger partial charge in [-0.05, 0) is 25.1 Å². The van der Waals surface area contributed by atoms with Crippen LogP contribution in [0.2, 0.25) is 0 Å². The highest BCUT2D eigenvalue weighted by atomic mass is 32.1. The molecule has 86 valence electrons. The Balaban J connectivity index is 2.23. The number of aryl methyl sites for hydroxylation is 1. The number of anilines is 1. The van der Waals surface area contributed by atoms with E-state index in [0.717, 1.165) is 0 Å². The van der Waals surface area contributed by atoms with Gasteiger partial charge in [-0.15, -0.1) is 10.2 Å². The third kappa shape index (κ3) is 1.51. The quantitative estimate of drug-likeness (QED) is 0.502. The summed E-state index contributed by atoms with van der Waals surface area (Å²) in [6.07, 6.45) is 0. The summed E-state index contributed by atoms with van der Waals surface area (Å²) < 4.78 is 1.64. The van der Waals surface area contributed by atoms with Gasteiger partial charge in [-0.2, -0.15) is 9.61 Å². The zero-order valence-electron chi connectivity index (χ0n) is 8.95. The van der Waals surface area contributed by atoms with Crippen LogP contribution in [-0.4, -0.2) is 24.9 Å². The first-order valence-corrected chi connectivity index (χ1v) is 5.74. The largest absolute Gasteiger partial charge is 0.507 e. The van der Waals surface area contributed by atoms with E-state index in [2.05, 4.69) is 15.3 Å². The number of hydrogen-bond acceptors (Lipinski definition) is 6. The smallest absolute Gasteiger partial charge is 0.234 e. The van der Waals surface area contributed by atoms with E-state index in [1.807, 2.05) is 6.92 Å². The highest BCUT2D eigenvalue weighted by molar-refractivity contribution is 7.19. The highest BCUT2D eigenvalue weighted by Crippen LogP contribution is 2.33. The first kappa shape index (κ1) is 10.0. The van der Waals surface area contributed by atoms with E-state index >= 15 is 0 Å². The molecular weight excluding hydrogens is 238 g/mol. The topological polar surface area (TPSA) is 89.3 Å². The van der Waals surface area contributed by atoms with Crippen LogP contribution in [0.5, 0.6) is 5.75 Å². The standard InChI is InChI=1S/C10H9N5OS/c1-5-12-13-10-15(5)14-9(17-10)7-4-6(11)2-3-8(7)16/h2-4,16H,11H2,1H3. The lowest BCUT2D eigenvalue weighted by Gasteiger charge is -2.01. The third-order valence-electron chi connectivity index (χ3n) is 2.40. The van der Waals surface area contributed by atoms with Crippen LogP contribution >= 0.6 is 11.3 Å². The normalized spacial score (nSPS) is 11.1. The summed E-state index contributed by atoms with van der Waals surface area (Å²) in [7, 11) is 0. The minimum absolute atomic E-state index is 0.154. The van der Waals surface area contributed by atoms with Gasteiger partial charge < -0.3 is 10.8 Å². The predicted molar refractivity (Wildman–Crippen MR) is 64.9 cm³/mol. The third-order valence-corrected chi connectivity index (χ3v) is 3.33. The Morgan fingerprint density at radius 1 is 1.35 bits per heavy atom. The van der Waals surface area contributed by atoms with E-state index < -0.39 is 0 Å². The molecule has 0 saturated heterocycles. The number of rotatable bonds is 1. The zero-order valence-corrected chi connectivity index (χ0v) is 9.77. The molecular formula is C10H9N5OS. The molecule has 3 N–H and O–H groups in total. The number of benzene rings is 1. The lowest BCUT2D eigenvalue weighted by Crippen LogP contribution is -1.90. The van der Waals surface area contributed by atoms with Crippen LogP contribution in [-0.2, 0) is 0 Å². The van der Waals surface area contributed by atoms with Gasteiger partial charge in [-0.1, -0.05) is 11.3 Å². The van der Waals surface area contributed by atoms with Gasteiger partial charge in [-0.25, -0.2) is 0 Å². The number of fused-ring (bicyclic) bond motifs is 1. The molecule has 2 heterocycles. The predicted octanol–water partition coefficient (Wildman–Crippen LogP) is 1.45. The van der Waals surface area contributed by atoms with Crippen LogP contribution < -0.4 is 5.73 Å². The number of nitrogens with two attached hydrogens (primary N) is 1. The second-order valence-corrected chi connectivity index (χ2v) is 4.58. The number of aromatic nitrogens is 4. The molecule has 0 radical (unpaired) electrons. The molecule has 0 amide bonds. The van der Waals surface area contributed by atoms with Gasteiger partial charge in [0.15, 0.2) is 10.8 Å². The van der Waals surface area contributed by atoms with Crippen LogP contribution in [0.25, 0.3) is 15.5 Å². The maximum atomic E-state index is 9.79. The van der Waals surface area contributed by atoms with Gasteiger partial charge in [0.2, 0.25) is 4.96 Å². The van der Waals surface area contributed by atoms with E-state index in [0.29, 0.717) is 27.0 Å². The first-order valence-electron chi connectivity index (χ1n) is 4.93. The van der Waals surface area contributed by atoms with Crippen molar-refractivity contribution in [2.45, 2.75) is 6.92 Å². The molecule has 0 aliphatic carbocycles. The van der Waals surface area contributed by atoms with E-state index in [4.69, 9.17) is 5.73 Å². The van der Waals surface area contributed by atoms with Crippen LogP contribution in [0, 0.1) is 6.92 Å². The van der Waals surface area contributed by atoms with Crippen molar-refractivity contribution in [1.29, 1.82) is 0 Å². The van der Waals surface area contributed by atoms with Crippen LogP contribution in [0.1, 0.15) is 5.82 Å². The molecule has 2 aromatic heterocycles. The number of nitrogen functional groups attached to an aromatic ring is 1. The number of phenols is 1. The molecule has 0 saturated carbocycles. The Kier molecular flexibility index (Phi) is 2.02. The van der Waals surface area contributed by atoms with Gasteiger partial charge in [0.05, 0.1) is 5.56 Å². The second kappa shape index (κ2) is 3.42. The van der Waals surface area contributed by atoms with Gasteiger partial charge in [0.25, 0.3) is 0 Å². The van der Waals surface area contributed by atoms with Crippen molar-refractivity contribution in [3.05, 3.63) is 24.0 Å². The Bertz CT molecular complexity index is 702. The average molecular weight is 247 g/mol. The maximum Gasteiger partial charge on any atom is 0.234 e. The van der Waals surface area contributed by atoms with Gasteiger partial charge in [0.1, 0.15) is 5.75 Å². The van der Waals surface area contributed by atoms with Crippen molar-refractivity contribution in [1.82, 2.24) is 19.8 Å². The first-order chi connectivity index (χ1) is 8.15. The summed E-state index contributed by atoms with van der Waals surface area (Å²) >= 11 is 1.36. The molecule has 0 spiro atoms. The molecule has 0 bridgehead atoms. The molecule has 0 unspecified atom stereocenters. The van der Waals surface area contributed by atoms with Crippen LogP contribution in [0.15, 0.2) is 18.2 Å². The van der Waals surface area contributed by atoms with Crippen LogP contribution in [0.4, 0.5) is 5.69 Å². The SMILES string of the molecule is Cc1nnc2sc(-c3cc(N)ccc3O)nn12. The number of hydrogen-bond donors (Lipinski definition) is 2. The van der Waals surface area contributed by atoms with Crippen molar-refractivity contribution in [2.75, 3.05) is 5.73 Å². The van der Waals surface area contributed by atoms with Crippen molar-refractivity contribution >= 4 is 22.0 Å². The summed E-state index contributed by atoms with van der Waals surface area (Å²) in [5.74, 6) is 0.868. The van der Waals surface area contributed by atoms with Crippen molar-refractivity contribution in [3.8, 4) is 16.3 Å². The molecule has 6 nitrogen and oxygen atoms in total. The summed E-state index contributed by atoms with van der Waals surface area (Å²) in [4.78, 5) is 0.694. The minimum atomic E-state index is 0.154. The van der Waals surface area contributed by atoms with Gasteiger partial charge >= 0.3 is 0 Å². The van der Waals surface area contributed by atoms with Gasteiger partial charge in [-0.3, -0.25) is 0 Å². The summed E-state index contributed by atoms with van der Waals surface area (Å²) in [5.41, 5.74) is 6.89. The Hall–Kier alpha value is -2.15. The molecule has 1 aromatic carbocycles. The summed E-state index contributed by atoms with van der Waals surface area (Å²) in [6.45, 7) is 1.82. The van der Waals surface area contributed by atoms with Crippen molar-refractivity contribution in [3.63, 3.8) is 0 Å². The summed E-state index contributed by atoms with van der Waals surface area (Å²) in [5, 5.41) is 22.7. The zero-order chi connectivity index (χ0) is 12.0. The molecule has 17 heavy (non-hydrogen) atoms. The molecule has 3 rings (SSSR count). The number of nitrogens with zero attached hydrogens (tertiary/aromatic N) is 4. The fourth-order valence-corrected chi connectivity index (χ4v) is 2.46. The molecule has 0 aliphatic rings. The number of aromatic hydroxyl groups is 1. The second-order valence-electron chi connectivity index (χ2n) is 3.63. The monoisotopic (exact) mass is 247 g/mol. The Morgan fingerprint density at radius 2 is 2.18 bits per heavy atom. The summed E-state index contributed by atoms with van der Waals surface area (Å²) in [6, 6.07) is 4.89. The fourth-order valence-electron chi connectivity index (χ4n) is 1.55. The lowest BCUT2D eigenvalue weighted by molar-refractivity contribution is 0.477. The van der Waals surface area contributed by atoms with E-state index in [1.54, 1.807) is 22.7 Å². The maximum absolute atomic E-state index is 9.79. The van der Waals surface area contributed by atoms with Gasteiger partial charge in [0, 0.05) is 5.69 Å². The lowest BCUT2D eigenvalue weighted by atomic mass is 10.2. The van der Waals surface area contributed by atoms with Crippen molar-refractivity contribution < 1.29 is 5.11 Å². The Labute approximate surface area is 100 Å². The molecule has 3 aromatic rings. The fraction of sp³-hybridized carbons (Fsp3) is 0.100. The molecule has 0 fully saturated rings. The van der Waals surface area contributed by atoms with E-state index in [1.165, 1.54) is 11.3 Å². The van der Waals surface area contributed by atoms with Crippen LogP contribution in [0.3, 0.4) is 0 Å². The molecule has 0 aliphatic heterocycles. The molecule has 0 atom stereocenters. The Morgan fingerprint density at radius 3 is 2.94 bits per heavy atom. The van der Waals surface area contributed by atoms with E-state index in [9.17, 15) is 5.11 Å². The molecule has 7 heteroatoms. The average Bonchev–Trinajstić information content (AvgIpc) is 2.85. The van der Waals surface area contributed by atoms with Crippen molar-refractivity contribution in [2.24, 2.45) is 0 Å². The number of phenolic OH excluding ortho intramolecular Hbond substituents is 1. The van der Waals surface area contributed by atoms with E-state index in [-0.39, 0.29) is 5.75 Å².